The van der Waals surface area contributed by atoms with E-state index in [0.717, 1.165) is 0 Å². The molecule has 106 valence electrons. The van der Waals surface area contributed by atoms with Crippen molar-refractivity contribution < 1.29 is 0 Å². The Kier molecular flexibility index (Phi) is 3.37. The van der Waals surface area contributed by atoms with Crippen molar-refractivity contribution in [2.75, 3.05) is 0 Å². The maximum absolute atomic E-state index is 2.27. The van der Waals surface area contributed by atoms with Gasteiger partial charge in [0.05, 0.1) is 10.6 Å². The van der Waals surface area contributed by atoms with E-state index in [1.807, 2.05) is 0 Å². The molecule has 0 amide bonds. The molecule has 2 heterocycles. The van der Waals surface area contributed by atoms with Gasteiger partial charge in [-0.05, 0) is 35.2 Å². The van der Waals surface area contributed by atoms with Gasteiger partial charge < -0.3 is 4.57 Å². The number of benzene rings is 2. The lowest BCUT2D eigenvalue weighted by Crippen LogP contribution is -1.93. The fourth-order valence-corrected chi connectivity index (χ4v) is 3.41. The molecule has 4 rings (SSSR count). The van der Waals surface area contributed by atoms with Crippen molar-refractivity contribution in [2.45, 2.75) is 0 Å². The SMILES string of the molecule is c1ccc(-c2cc(-c3cccs3)n(-c3ccccc3)c2)cc1. The Bertz CT molecular complexity index is 859. The normalized spacial score (nSPS) is 10.7. The molecular weight excluding hydrogens is 286 g/mol. The lowest BCUT2D eigenvalue weighted by molar-refractivity contribution is 1.09. The molecule has 2 aromatic heterocycles. The third-order valence-corrected chi connectivity index (χ3v) is 4.63. The maximum atomic E-state index is 2.27. The van der Waals surface area contributed by atoms with Crippen LogP contribution in [0.4, 0.5) is 0 Å². The molecule has 0 aliphatic carbocycles. The highest BCUT2D eigenvalue weighted by atomic mass is 32.1. The van der Waals surface area contributed by atoms with Gasteiger partial charge in [0.25, 0.3) is 0 Å². The second-order valence-electron chi connectivity index (χ2n) is 5.16. The minimum absolute atomic E-state index is 1.19. The number of rotatable bonds is 3. The van der Waals surface area contributed by atoms with Gasteiger partial charge in [-0.25, -0.2) is 0 Å². The van der Waals surface area contributed by atoms with Crippen molar-refractivity contribution in [3.63, 3.8) is 0 Å². The first-order valence-electron chi connectivity index (χ1n) is 7.29. The molecule has 0 saturated heterocycles. The lowest BCUT2D eigenvalue weighted by Gasteiger charge is -2.07. The fourth-order valence-electron chi connectivity index (χ4n) is 2.67. The molecule has 22 heavy (non-hydrogen) atoms. The fraction of sp³-hybridized carbons (Fsp3) is 0. The second-order valence-corrected chi connectivity index (χ2v) is 6.11. The number of hydrogen-bond acceptors (Lipinski definition) is 1. The van der Waals surface area contributed by atoms with Crippen LogP contribution in [0, 0.1) is 0 Å². The highest BCUT2D eigenvalue weighted by molar-refractivity contribution is 7.13. The first-order valence-corrected chi connectivity index (χ1v) is 8.17. The molecule has 1 nitrogen and oxygen atoms in total. The lowest BCUT2D eigenvalue weighted by atomic mass is 10.1. The highest BCUT2D eigenvalue weighted by Gasteiger charge is 2.11. The molecule has 0 saturated carbocycles. The van der Waals surface area contributed by atoms with E-state index in [2.05, 4.69) is 95.0 Å². The monoisotopic (exact) mass is 301 g/mol. The predicted octanol–water partition coefficient (Wildman–Crippen LogP) is 5.87. The molecule has 0 aliphatic heterocycles. The number of aromatic nitrogens is 1. The highest BCUT2D eigenvalue weighted by Crippen LogP contribution is 2.33. The van der Waals surface area contributed by atoms with E-state index in [-0.39, 0.29) is 0 Å². The van der Waals surface area contributed by atoms with Gasteiger partial charge in [-0.3, -0.25) is 0 Å². The summed E-state index contributed by atoms with van der Waals surface area (Å²) in [7, 11) is 0. The van der Waals surface area contributed by atoms with Gasteiger partial charge in [0.1, 0.15) is 0 Å². The van der Waals surface area contributed by atoms with Crippen molar-refractivity contribution >= 4 is 11.3 Å². The summed E-state index contributed by atoms with van der Waals surface area (Å²) < 4.78 is 2.27. The molecule has 2 aromatic carbocycles. The van der Waals surface area contributed by atoms with Crippen LogP contribution < -0.4 is 0 Å². The summed E-state index contributed by atoms with van der Waals surface area (Å²) in [5, 5.41) is 2.12. The van der Waals surface area contributed by atoms with Crippen LogP contribution in [-0.2, 0) is 0 Å². The topological polar surface area (TPSA) is 4.93 Å². The molecular formula is C20H15NS. The van der Waals surface area contributed by atoms with E-state index in [9.17, 15) is 0 Å². The van der Waals surface area contributed by atoms with E-state index >= 15 is 0 Å². The molecule has 0 bridgehead atoms. The van der Waals surface area contributed by atoms with E-state index in [1.165, 1.54) is 27.4 Å². The molecule has 0 N–H and O–H groups in total. The average molecular weight is 301 g/mol. The first-order chi connectivity index (χ1) is 10.9. The van der Waals surface area contributed by atoms with Crippen LogP contribution in [0.2, 0.25) is 0 Å². The molecule has 0 spiro atoms. The Morgan fingerprint density at radius 2 is 1.41 bits per heavy atom. The summed E-state index contributed by atoms with van der Waals surface area (Å²) in [5.41, 5.74) is 4.91. The predicted molar refractivity (Wildman–Crippen MR) is 94.5 cm³/mol. The minimum Gasteiger partial charge on any atom is -0.315 e. The van der Waals surface area contributed by atoms with E-state index in [0.29, 0.717) is 0 Å². The van der Waals surface area contributed by atoms with E-state index in [4.69, 9.17) is 0 Å². The molecule has 0 unspecified atom stereocenters. The molecule has 0 fully saturated rings. The van der Waals surface area contributed by atoms with Crippen LogP contribution in [0.5, 0.6) is 0 Å². The summed E-state index contributed by atoms with van der Waals surface area (Å²) in [6.07, 6.45) is 2.22. The van der Waals surface area contributed by atoms with Gasteiger partial charge >= 0.3 is 0 Å². The zero-order valence-electron chi connectivity index (χ0n) is 12.0. The third kappa shape index (κ3) is 2.38. The van der Waals surface area contributed by atoms with Gasteiger partial charge in [0.2, 0.25) is 0 Å². The third-order valence-electron chi connectivity index (χ3n) is 3.74. The average Bonchev–Trinajstić information content (AvgIpc) is 3.26. The van der Waals surface area contributed by atoms with Crippen LogP contribution in [0.1, 0.15) is 0 Å². The largest absolute Gasteiger partial charge is 0.315 e. The van der Waals surface area contributed by atoms with Crippen molar-refractivity contribution in [1.29, 1.82) is 0 Å². The van der Waals surface area contributed by atoms with E-state index in [1.54, 1.807) is 11.3 Å². The zero-order valence-corrected chi connectivity index (χ0v) is 12.8. The molecule has 0 aliphatic rings. The van der Waals surface area contributed by atoms with Gasteiger partial charge in [-0.15, -0.1) is 11.3 Å². The Balaban J connectivity index is 1.91. The summed E-state index contributed by atoms with van der Waals surface area (Å²) >= 11 is 1.77. The van der Waals surface area contributed by atoms with Gasteiger partial charge in [0.15, 0.2) is 0 Å². The summed E-state index contributed by atoms with van der Waals surface area (Å²) in [6.45, 7) is 0. The van der Waals surface area contributed by atoms with Crippen molar-refractivity contribution in [3.8, 4) is 27.4 Å². The van der Waals surface area contributed by atoms with Crippen molar-refractivity contribution in [3.05, 3.63) is 90.4 Å². The van der Waals surface area contributed by atoms with Gasteiger partial charge in [-0.1, -0.05) is 54.6 Å². The Morgan fingerprint density at radius 1 is 0.682 bits per heavy atom. The summed E-state index contributed by atoms with van der Waals surface area (Å²) in [6, 6.07) is 27.6. The second kappa shape index (κ2) is 5.66. The molecule has 0 radical (unpaired) electrons. The quantitative estimate of drug-likeness (QED) is 0.446. The first kappa shape index (κ1) is 13.1. The van der Waals surface area contributed by atoms with Crippen LogP contribution in [0.25, 0.3) is 27.4 Å². The number of nitrogens with zero attached hydrogens (tertiary/aromatic N) is 1. The van der Waals surface area contributed by atoms with Gasteiger partial charge in [0, 0.05) is 17.4 Å². The molecule has 2 heteroatoms. The van der Waals surface area contributed by atoms with Crippen molar-refractivity contribution in [2.24, 2.45) is 0 Å². The Hall–Kier alpha value is -2.58. The molecule has 4 aromatic rings. The summed E-state index contributed by atoms with van der Waals surface area (Å²) in [5.74, 6) is 0. The Morgan fingerprint density at radius 3 is 2.09 bits per heavy atom. The Labute approximate surface area is 134 Å². The van der Waals surface area contributed by atoms with Crippen molar-refractivity contribution in [1.82, 2.24) is 4.57 Å². The van der Waals surface area contributed by atoms with Gasteiger partial charge in [-0.2, -0.15) is 0 Å². The van der Waals surface area contributed by atoms with Crippen LogP contribution in [0.3, 0.4) is 0 Å². The zero-order chi connectivity index (χ0) is 14.8. The van der Waals surface area contributed by atoms with Crippen LogP contribution in [-0.4, -0.2) is 4.57 Å². The maximum Gasteiger partial charge on any atom is 0.0634 e. The van der Waals surface area contributed by atoms with Crippen LogP contribution >= 0.6 is 11.3 Å². The minimum atomic E-state index is 1.19. The van der Waals surface area contributed by atoms with Crippen LogP contribution in [0.15, 0.2) is 90.4 Å². The number of thiophene rings is 1. The smallest absolute Gasteiger partial charge is 0.0634 e. The number of hydrogen-bond donors (Lipinski definition) is 0. The summed E-state index contributed by atoms with van der Waals surface area (Å²) in [4.78, 5) is 1.28. The molecule has 0 atom stereocenters. The number of para-hydroxylation sites is 1. The standard InChI is InChI=1S/C20H15NS/c1-3-8-16(9-4-1)17-14-19(20-12-7-13-22-20)21(15-17)18-10-5-2-6-11-18/h1-15H. The van der Waals surface area contributed by atoms with E-state index < -0.39 is 0 Å².